The topological polar surface area (TPSA) is 29.3 Å². The molecule has 0 bridgehead atoms. The molecule has 2 nitrogen and oxygen atoms in total. The average Bonchev–Trinajstić information content (AvgIpc) is 2.44. The summed E-state index contributed by atoms with van der Waals surface area (Å²) in [5.41, 5.74) is 6.62. The third-order valence-corrected chi connectivity index (χ3v) is 5.11. The first-order valence-electron chi connectivity index (χ1n) is 9.13. The molecular weight excluding hydrogens is 244 g/mol. The maximum Gasteiger partial charge on any atom is 0.0182 e. The van der Waals surface area contributed by atoms with E-state index in [1.165, 1.54) is 77.2 Å². The van der Waals surface area contributed by atoms with Crippen LogP contribution in [0.15, 0.2) is 0 Å². The molecule has 0 radical (unpaired) electrons. The molecule has 2 atom stereocenters. The first-order valence-corrected chi connectivity index (χ1v) is 9.13. The van der Waals surface area contributed by atoms with Gasteiger partial charge in [-0.25, -0.2) is 0 Å². The third-order valence-electron chi connectivity index (χ3n) is 5.11. The highest BCUT2D eigenvalue weighted by atomic mass is 15.2. The van der Waals surface area contributed by atoms with Crippen LogP contribution in [0.4, 0.5) is 0 Å². The predicted octanol–water partition coefficient (Wildman–Crippen LogP) is 4.72. The molecule has 2 unspecified atom stereocenters. The van der Waals surface area contributed by atoms with Gasteiger partial charge in [0, 0.05) is 18.1 Å². The summed E-state index contributed by atoms with van der Waals surface area (Å²) >= 11 is 0. The normalized spacial score (nSPS) is 23.7. The van der Waals surface area contributed by atoms with E-state index in [2.05, 4.69) is 25.7 Å². The zero-order chi connectivity index (χ0) is 14.8. The molecule has 0 spiro atoms. The molecule has 1 rings (SSSR count). The van der Waals surface area contributed by atoms with E-state index in [0.717, 1.165) is 6.54 Å². The van der Waals surface area contributed by atoms with Gasteiger partial charge in [0.05, 0.1) is 0 Å². The molecule has 0 aromatic heterocycles. The molecule has 0 amide bonds. The van der Waals surface area contributed by atoms with E-state index in [4.69, 9.17) is 5.73 Å². The lowest BCUT2D eigenvalue weighted by molar-refractivity contribution is 0.0531. The second-order valence-electron chi connectivity index (χ2n) is 7.11. The van der Waals surface area contributed by atoms with Crippen LogP contribution in [0.2, 0.25) is 0 Å². The summed E-state index contributed by atoms with van der Waals surface area (Å²) in [6.07, 6.45) is 14.8. The summed E-state index contributed by atoms with van der Waals surface area (Å²) in [4.78, 5) is 2.72. The Morgan fingerprint density at radius 2 is 1.60 bits per heavy atom. The summed E-state index contributed by atoms with van der Waals surface area (Å²) in [6.45, 7) is 9.49. The Hall–Kier alpha value is -0.0800. The molecule has 2 N–H and O–H groups in total. The molecule has 1 heterocycles. The molecule has 1 saturated heterocycles. The fourth-order valence-corrected chi connectivity index (χ4v) is 3.63. The lowest BCUT2D eigenvalue weighted by atomic mass is 9.84. The minimum Gasteiger partial charge on any atom is -0.327 e. The number of likely N-dealkylation sites (tertiary alicyclic amines) is 1. The van der Waals surface area contributed by atoms with Crippen LogP contribution in [0, 0.1) is 0 Å². The van der Waals surface area contributed by atoms with E-state index in [1.54, 1.807) is 0 Å². The van der Waals surface area contributed by atoms with Gasteiger partial charge in [0.1, 0.15) is 0 Å². The highest BCUT2D eigenvalue weighted by Gasteiger charge is 2.33. The van der Waals surface area contributed by atoms with E-state index < -0.39 is 0 Å². The van der Waals surface area contributed by atoms with Crippen molar-refractivity contribution in [2.24, 2.45) is 5.73 Å². The SMILES string of the molecule is CCCCCCC(C)(CCCCC)N1CCCC(N)C1. The van der Waals surface area contributed by atoms with Crippen molar-refractivity contribution in [3.8, 4) is 0 Å². The van der Waals surface area contributed by atoms with Crippen molar-refractivity contribution < 1.29 is 0 Å². The highest BCUT2D eigenvalue weighted by molar-refractivity contribution is 4.90. The summed E-state index contributed by atoms with van der Waals surface area (Å²) in [5.74, 6) is 0. The summed E-state index contributed by atoms with van der Waals surface area (Å²) in [6, 6.07) is 0.407. The van der Waals surface area contributed by atoms with Crippen LogP contribution in [0.3, 0.4) is 0 Å². The van der Waals surface area contributed by atoms with Gasteiger partial charge in [-0.05, 0) is 39.2 Å². The molecule has 0 aliphatic carbocycles. The molecule has 1 fully saturated rings. The largest absolute Gasteiger partial charge is 0.327 e. The third kappa shape index (κ3) is 6.13. The number of nitrogens with two attached hydrogens (primary N) is 1. The van der Waals surface area contributed by atoms with Crippen molar-refractivity contribution >= 4 is 0 Å². The van der Waals surface area contributed by atoms with Crippen LogP contribution in [0.1, 0.15) is 91.4 Å². The molecule has 0 saturated carbocycles. The quantitative estimate of drug-likeness (QED) is 0.587. The Morgan fingerprint density at radius 3 is 2.20 bits per heavy atom. The number of piperidine rings is 1. The number of nitrogens with zero attached hydrogens (tertiary/aromatic N) is 1. The Bertz CT molecular complexity index is 242. The average molecular weight is 283 g/mol. The minimum absolute atomic E-state index is 0.404. The molecule has 20 heavy (non-hydrogen) atoms. The van der Waals surface area contributed by atoms with Crippen LogP contribution >= 0.6 is 0 Å². The molecule has 2 heteroatoms. The zero-order valence-electron chi connectivity index (χ0n) is 14.3. The lowest BCUT2D eigenvalue weighted by Crippen LogP contribution is -2.54. The van der Waals surface area contributed by atoms with Gasteiger partial charge in [-0.2, -0.15) is 0 Å². The smallest absolute Gasteiger partial charge is 0.0182 e. The molecule has 1 aliphatic rings. The van der Waals surface area contributed by atoms with E-state index in [9.17, 15) is 0 Å². The van der Waals surface area contributed by atoms with Crippen molar-refractivity contribution in [2.45, 2.75) is 103 Å². The van der Waals surface area contributed by atoms with Gasteiger partial charge in [0.2, 0.25) is 0 Å². The van der Waals surface area contributed by atoms with Gasteiger partial charge in [-0.15, -0.1) is 0 Å². The lowest BCUT2D eigenvalue weighted by Gasteiger charge is -2.45. The van der Waals surface area contributed by atoms with Crippen molar-refractivity contribution in [3.63, 3.8) is 0 Å². The van der Waals surface area contributed by atoms with E-state index in [-0.39, 0.29) is 0 Å². The van der Waals surface area contributed by atoms with Crippen LogP contribution in [-0.4, -0.2) is 29.6 Å². The van der Waals surface area contributed by atoms with Gasteiger partial charge in [0.15, 0.2) is 0 Å². The molecule has 120 valence electrons. The zero-order valence-corrected chi connectivity index (χ0v) is 14.3. The first kappa shape index (κ1) is 18.0. The highest BCUT2D eigenvalue weighted by Crippen LogP contribution is 2.31. The van der Waals surface area contributed by atoms with Crippen molar-refractivity contribution in [3.05, 3.63) is 0 Å². The fourth-order valence-electron chi connectivity index (χ4n) is 3.63. The van der Waals surface area contributed by atoms with Gasteiger partial charge in [-0.3, -0.25) is 4.90 Å². The van der Waals surface area contributed by atoms with Crippen LogP contribution in [0.5, 0.6) is 0 Å². The Kier molecular flexibility index (Phi) is 8.79. The number of unbranched alkanes of at least 4 members (excludes halogenated alkanes) is 5. The van der Waals surface area contributed by atoms with Gasteiger partial charge < -0.3 is 5.73 Å². The Balaban J connectivity index is 2.51. The monoisotopic (exact) mass is 282 g/mol. The molecule has 0 aromatic carbocycles. The Morgan fingerprint density at radius 1 is 1.00 bits per heavy atom. The number of hydrogen-bond acceptors (Lipinski definition) is 2. The molecule has 1 aliphatic heterocycles. The van der Waals surface area contributed by atoms with Crippen molar-refractivity contribution in [2.75, 3.05) is 13.1 Å². The predicted molar refractivity (Wildman–Crippen MR) is 90.1 cm³/mol. The van der Waals surface area contributed by atoms with Crippen molar-refractivity contribution in [1.29, 1.82) is 0 Å². The summed E-state index contributed by atoms with van der Waals surface area (Å²) < 4.78 is 0. The summed E-state index contributed by atoms with van der Waals surface area (Å²) in [5, 5.41) is 0. The van der Waals surface area contributed by atoms with Gasteiger partial charge in [-0.1, -0.05) is 58.8 Å². The number of rotatable bonds is 10. The second-order valence-corrected chi connectivity index (χ2v) is 7.11. The van der Waals surface area contributed by atoms with Crippen molar-refractivity contribution in [1.82, 2.24) is 4.90 Å². The van der Waals surface area contributed by atoms with E-state index >= 15 is 0 Å². The van der Waals surface area contributed by atoms with Crippen LogP contribution < -0.4 is 5.73 Å². The van der Waals surface area contributed by atoms with Gasteiger partial charge in [0.25, 0.3) is 0 Å². The van der Waals surface area contributed by atoms with E-state index in [1.807, 2.05) is 0 Å². The number of hydrogen-bond donors (Lipinski definition) is 1. The summed E-state index contributed by atoms with van der Waals surface area (Å²) in [7, 11) is 0. The first-order chi connectivity index (χ1) is 9.62. The van der Waals surface area contributed by atoms with E-state index in [0.29, 0.717) is 11.6 Å². The molecule has 0 aromatic rings. The molecular formula is C18H38N2. The second kappa shape index (κ2) is 9.78. The standard InChI is InChI=1S/C18H38N2/c1-4-6-8-10-14-18(3,13-9-7-5-2)20-15-11-12-17(19)16-20/h17H,4-16,19H2,1-3H3. The van der Waals surface area contributed by atoms with Crippen LogP contribution in [-0.2, 0) is 0 Å². The maximum absolute atomic E-state index is 6.21. The van der Waals surface area contributed by atoms with Crippen LogP contribution in [0.25, 0.3) is 0 Å². The van der Waals surface area contributed by atoms with Gasteiger partial charge >= 0.3 is 0 Å². The minimum atomic E-state index is 0.404. The Labute approximate surface area is 127 Å². The fraction of sp³-hybridized carbons (Fsp3) is 1.00. The maximum atomic E-state index is 6.21.